The molecule has 0 aliphatic carbocycles. The Balaban J connectivity index is 3.01. The lowest BCUT2D eigenvalue weighted by Crippen LogP contribution is -2.13. The zero-order chi connectivity index (χ0) is 8.55. The van der Waals surface area contributed by atoms with Crippen molar-refractivity contribution in [1.29, 1.82) is 0 Å². The summed E-state index contributed by atoms with van der Waals surface area (Å²) in [4.78, 5) is 11.1. The van der Waals surface area contributed by atoms with Gasteiger partial charge in [-0.15, -0.1) is 0 Å². The van der Waals surface area contributed by atoms with Crippen LogP contribution in [0.25, 0.3) is 10.9 Å². The summed E-state index contributed by atoms with van der Waals surface area (Å²) in [6.45, 7) is 0. The SMILES string of the molecule is [CH2]n1c(=O)ccc2ccccc21. The lowest BCUT2D eigenvalue weighted by atomic mass is 10.2. The normalized spacial score (nSPS) is 10.4. The first kappa shape index (κ1) is 7.10. The minimum Gasteiger partial charge on any atom is -0.306 e. The van der Waals surface area contributed by atoms with Crippen molar-refractivity contribution in [2.75, 3.05) is 0 Å². The zero-order valence-electron chi connectivity index (χ0n) is 6.53. The molecule has 2 nitrogen and oxygen atoms in total. The number of hydrogen-bond acceptors (Lipinski definition) is 1. The van der Waals surface area contributed by atoms with Crippen LogP contribution in [0.2, 0.25) is 0 Å². The summed E-state index contributed by atoms with van der Waals surface area (Å²) in [6.07, 6.45) is 0. The Hall–Kier alpha value is -1.57. The van der Waals surface area contributed by atoms with Gasteiger partial charge in [-0.2, -0.15) is 0 Å². The van der Waals surface area contributed by atoms with Crippen molar-refractivity contribution in [2.24, 2.45) is 0 Å². The molecule has 0 atom stereocenters. The maximum atomic E-state index is 11.1. The molecule has 2 aromatic rings. The van der Waals surface area contributed by atoms with Gasteiger partial charge in [0.05, 0.1) is 5.52 Å². The lowest BCUT2D eigenvalue weighted by molar-refractivity contribution is 1.05. The summed E-state index contributed by atoms with van der Waals surface area (Å²) < 4.78 is 1.40. The van der Waals surface area contributed by atoms with Crippen LogP contribution in [0.4, 0.5) is 0 Å². The molecule has 0 bridgehead atoms. The second-order valence-electron chi connectivity index (χ2n) is 2.66. The average molecular weight is 158 g/mol. The molecule has 12 heavy (non-hydrogen) atoms. The van der Waals surface area contributed by atoms with Gasteiger partial charge >= 0.3 is 0 Å². The lowest BCUT2D eigenvalue weighted by Gasteiger charge is -2.01. The van der Waals surface area contributed by atoms with Crippen molar-refractivity contribution < 1.29 is 0 Å². The van der Waals surface area contributed by atoms with Gasteiger partial charge in [0.1, 0.15) is 0 Å². The largest absolute Gasteiger partial charge is 0.306 e. The van der Waals surface area contributed by atoms with E-state index in [0.717, 1.165) is 10.9 Å². The molecule has 0 unspecified atom stereocenters. The maximum absolute atomic E-state index is 11.1. The Morgan fingerprint density at radius 3 is 2.67 bits per heavy atom. The second kappa shape index (κ2) is 2.48. The third kappa shape index (κ3) is 0.925. The molecular weight excluding hydrogens is 150 g/mol. The quantitative estimate of drug-likeness (QED) is 0.571. The summed E-state index contributed by atoms with van der Waals surface area (Å²) in [7, 11) is 3.65. The van der Waals surface area contributed by atoms with Gasteiger partial charge in [0, 0.05) is 13.1 Å². The Kier molecular flexibility index (Phi) is 1.47. The molecule has 0 N–H and O–H groups in total. The van der Waals surface area contributed by atoms with Crippen LogP contribution in [0.1, 0.15) is 0 Å². The molecule has 59 valence electrons. The third-order valence-corrected chi connectivity index (χ3v) is 1.90. The highest BCUT2D eigenvalue weighted by Crippen LogP contribution is 2.09. The molecule has 0 fully saturated rings. The predicted molar refractivity (Wildman–Crippen MR) is 49.0 cm³/mol. The first-order valence-electron chi connectivity index (χ1n) is 3.71. The van der Waals surface area contributed by atoms with Gasteiger partial charge in [-0.25, -0.2) is 0 Å². The van der Waals surface area contributed by atoms with Gasteiger partial charge in [-0.05, 0) is 17.5 Å². The van der Waals surface area contributed by atoms with Crippen molar-refractivity contribution in [3.63, 3.8) is 0 Å². The molecule has 2 heteroatoms. The molecule has 0 saturated heterocycles. The van der Waals surface area contributed by atoms with Gasteiger partial charge in [-0.1, -0.05) is 18.2 Å². The summed E-state index contributed by atoms with van der Waals surface area (Å²) in [5.41, 5.74) is 0.790. The van der Waals surface area contributed by atoms with Crippen molar-refractivity contribution in [3.05, 3.63) is 53.8 Å². The van der Waals surface area contributed by atoms with Crippen molar-refractivity contribution in [3.8, 4) is 0 Å². The highest BCUT2D eigenvalue weighted by Gasteiger charge is 1.95. The molecule has 0 spiro atoms. The minimum absolute atomic E-state index is 0.0753. The topological polar surface area (TPSA) is 22.0 Å². The van der Waals surface area contributed by atoms with Crippen LogP contribution in [-0.4, -0.2) is 4.57 Å². The van der Waals surface area contributed by atoms with Crippen LogP contribution in [0.5, 0.6) is 0 Å². The summed E-state index contributed by atoms with van der Waals surface area (Å²) >= 11 is 0. The summed E-state index contributed by atoms with van der Waals surface area (Å²) in [5.74, 6) is 0. The van der Waals surface area contributed by atoms with Crippen LogP contribution in [0.15, 0.2) is 41.2 Å². The van der Waals surface area contributed by atoms with Gasteiger partial charge < -0.3 is 4.57 Å². The van der Waals surface area contributed by atoms with Crippen molar-refractivity contribution in [2.45, 2.75) is 0 Å². The minimum atomic E-state index is -0.0753. The highest BCUT2D eigenvalue weighted by molar-refractivity contribution is 5.78. The average Bonchev–Trinajstić information content (AvgIpc) is 2.12. The highest BCUT2D eigenvalue weighted by atomic mass is 16.1. The summed E-state index contributed by atoms with van der Waals surface area (Å²) in [6, 6.07) is 11.0. The predicted octanol–water partition coefficient (Wildman–Crippen LogP) is 1.64. The summed E-state index contributed by atoms with van der Waals surface area (Å²) in [5, 5.41) is 1.03. The first-order valence-corrected chi connectivity index (χ1v) is 3.71. The van der Waals surface area contributed by atoms with Crippen LogP contribution in [-0.2, 0) is 0 Å². The molecule has 0 aliphatic heterocycles. The number of fused-ring (bicyclic) bond motifs is 1. The van der Waals surface area contributed by atoms with E-state index >= 15 is 0 Å². The van der Waals surface area contributed by atoms with E-state index in [-0.39, 0.29) is 5.56 Å². The Labute approximate surface area is 70.1 Å². The van der Waals surface area contributed by atoms with Crippen LogP contribution >= 0.6 is 0 Å². The molecule has 1 aromatic heterocycles. The fourth-order valence-electron chi connectivity index (χ4n) is 1.24. The van der Waals surface area contributed by atoms with Crippen molar-refractivity contribution in [1.82, 2.24) is 4.57 Å². The van der Waals surface area contributed by atoms with E-state index in [9.17, 15) is 4.79 Å². The Bertz CT molecular complexity index is 470. The van der Waals surface area contributed by atoms with E-state index in [1.54, 1.807) is 6.07 Å². The van der Waals surface area contributed by atoms with Gasteiger partial charge in [-0.3, -0.25) is 4.79 Å². The first-order chi connectivity index (χ1) is 5.79. The molecule has 0 saturated carbocycles. The van der Waals surface area contributed by atoms with Gasteiger partial charge in [0.2, 0.25) is 0 Å². The number of pyridine rings is 1. The van der Waals surface area contributed by atoms with Crippen molar-refractivity contribution >= 4 is 10.9 Å². The molecule has 0 aliphatic rings. The van der Waals surface area contributed by atoms with E-state index < -0.39 is 0 Å². The third-order valence-electron chi connectivity index (χ3n) is 1.90. The smallest absolute Gasteiger partial charge is 0.251 e. The van der Waals surface area contributed by atoms with Gasteiger partial charge in [0.25, 0.3) is 5.56 Å². The van der Waals surface area contributed by atoms with Crippen LogP contribution < -0.4 is 5.56 Å². The Morgan fingerprint density at radius 1 is 1.08 bits per heavy atom. The van der Waals surface area contributed by atoms with E-state index in [2.05, 4.69) is 7.05 Å². The van der Waals surface area contributed by atoms with Crippen LogP contribution in [0.3, 0.4) is 0 Å². The van der Waals surface area contributed by atoms with E-state index in [1.165, 1.54) is 10.6 Å². The van der Waals surface area contributed by atoms with E-state index in [4.69, 9.17) is 0 Å². The van der Waals surface area contributed by atoms with E-state index in [1.807, 2.05) is 24.3 Å². The number of aromatic nitrogens is 1. The fourth-order valence-corrected chi connectivity index (χ4v) is 1.24. The fraction of sp³-hybridized carbons (Fsp3) is 0. The molecule has 1 aromatic carbocycles. The molecule has 1 radical (unpaired) electrons. The van der Waals surface area contributed by atoms with Gasteiger partial charge in [0.15, 0.2) is 0 Å². The number of nitrogens with zero attached hydrogens (tertiary/aromatic N) is 1. The number of benzene rings is 1. The number of rotatable bonds is 0. The molecule has 0 amide bonds. The zero-order valence-corrected chi connectivity index (χ0v) is 6.53. The molecule has 2 rings (SSSR count). The monoisotopic (exact) mass is 158 g/mol. The number of para-hydroxylation sites is 1. The molecule has 1 heterocycles. The molecular formula is C10H8NO. The number of hydrogen-bond donors (Lipinski definition) is 0. The standard InChI is InChI=1S/C10H8NO/c1-11-9-5-3-2-4-8(9)6-7-10(11)12/h2-7H,1H2. The van der Waals surface area contributed by atoms with E-state index in [0.29, 0.717) is 0 Å². The maximum Gasteiger partial charge on any atom is 0.251 e. The van der Waals surface area contributed by atoms with Crippen LogP contribution in [0, 0.1) is 7.05 Å². The Morgan fingerprint density at radius 2 is 1.83 bits per heavy atom. The second-order valence-corrected chi connectivity index (χ2v) is 2.66.